The number of aliphatic hydroxyl groups excluding tert-OH is 1. The zero-order chi connectivity index (χ0) is 13.6. The number of rotatable bonds is 2. The van der Waals surface area contributed by atoms with E-state index in [9.17, 15) is 17.9 Å². The summed E-state index contributed by atoms with van der Waals surface area (Å²) in [6.07, 6.45) is 2.37. The van der Waals surface area contributed by atoms with Gasteiger partial charge in [-0.2, -0.15) is 4.31 Å². The molecule has 2 aliphatic rings. The van der Waals surface area contributed by atoms with E-state index in [1.807, 2.05) is 0 Å². The quantitative estimate of drug-likeness (QED) is 0.865. The van der Waals surface area contributed by atoms with Crippen LogP contribution in [0.25, 0.3) is 0 Å². The average Bonchev–Trinajstić information content (AvgIpc) is 2.93. The van der Waals surface area contributed by atoms with Crippen LogP contribution in [0, 0.1) is 17.7 Å². The first-order valence-electron chi connectivity index (χ1n) is 6.29. The Hall–Kier alpha value is -1.05. The molecule has 0 aromatic carbocycles. The fraction of sp³-hybridized carbons (Fsp3) is 0.583. The Labute approximate surface area is 111 Å². The van der Waals surface area contributed by atoms with Gasteiger partial charge in [-0.3, -0.25) is 0 Å². The molecule has 3 atom stereocenters. The number of hydrogen-bond donors (Lipinski definition) is 1. The number of pyridine rings is 1. The molecule has 1 aromatic heterocycles. The van der Waals surface area contributed by atoms with Crippen molar-refractivity contribution in [3.05, 3.63) is 24.1 Å². The molecule has 1 aliphatic carbocycles. The lowest BCUT2D eigenvalue weighted by Gasteiger charge is -2.17. The summed E-state index contributed by atoms with van der Waals surface area (Å²) in [5.41, 5.74) is 0. The topological polar surface area (TPSA) is 70.5 Å². The van der Waals surface area contributed by atoms with Crippen molar-refractivity contribution in [2.45, 2.75) is 24.0 Å². The van der Waals surface area contributed by atoms with Gasteiger partial charge < -0.3 is 5.11 Å². The highest BCUT2D eigenvalue weighted by Gasteiger charge is 2.46. The predicted octanol–water partition coefficient (Wildman–Crippen LogP) is 0.612. The first-order valence-corrected chi connectivity index (χ1v) is 7.73. The van der Waals surface area contributed by atoms with Gasteiger partial charge in [0, 0.05) is 25.2 Å². The number of nitrogens with zero attached hydrogens (tertiary/aromatic N) is 2. The van der Waals surface area contributed by atoms with Crippen molar-refractivity contribution < 1.29 is 17.9 Å². The molecule has 0 radical (unpaired) electrons. The largest absolute Gasteiger partial charge is 0.393 e. The molecule has 0 amide bonds. The summed E-state index contributed by atoms with van der Waals surface area (Å²) in [5.74, 6) is -0.682. The lowest BCUT2D eigenvalue weighted by Crippen LogP contribution is -2.32. The summed E-state index contributed by atoms with van der Waals surface area (Å²) in [7, 11) is -3.90. The molecule has 1 aliphatic heterocycles. The Bertz CT molecular complexity index is 592. The molecule has 1 N–H and O–H groups in total. The second-order valence-corrected chi connectivity index (χ2v) is 7.03. The molecule has 2 fully saturated rings. The molecule has 3 unspecified atom stereocenters. The van der Waals surface area contributed by atoms with E-state index in [4.69, 9.17) is 0 Å². The van der Waals surface area contributed by atoms with E-state index in [0.29, 0.717) is 6.54 Å². The number of halogens is 1. The van der Waals surface area contributed by atoms with E-state index in [-0.39, 0.29) is 18.4 Å². The van der Waals surface area contributed by atoms with E-state index in [1.165, 1.54) is 16.6 Å². The third kappa shape index (κ3) is 2.05. The van der Waals surface area contributed by atoms with E-state index in [2.05, 4.69) is 4.98 Å². The Morgan fingerprint density at radius 2 is 2.16 bits per heavy atom. The van der Waals surface area contributed by atoms with Crippen LogP contribution < -0.4 is 0 Å². The highest BCUT2D eigenvalue weighted by Crippen LogP contribution is 2.39. The fourth-order valence-electron chi connectivity index (χ4n) is 3.08. The number of aromatic nitrogens is 1. The van der Waals surface area contributed by atoms with Gasteiger partial charge in [0.15, 0.2) is 5.82 Å². The maximum absolute atomic E-state index is 13.6. The standard InChI is InChI=1S/C12H15FN2O3S/c13-10-2-1-5-14-12(10)19(17,18)15-6-8-3-4-11(16)9(8)7-15/h1-2,5,8-9,11,16H,3-4,6-7H2. The minimum atomic E-state index is -3.90. The van der Waals surface area contributed by atoms with Gasteiger partial charge in [-0.05, 0) is 30.9 Å². The summed E-state index contributed by atoms with van der Waals surface area (Å²) in [6.45, 7) is 0.601. The monoisotopic (exact) mass is 286 g/mol. The lowest BCUT2D eigenvalue weighted by atomic mass is 10.00. The maximum Gasteiger partial charge on any atom is 0.263 e. The number of sulfonamides is 1. The van der Waals surface area contributed by atoms with Gasteiger partial charge in [0.2, 0.25) is 5.03 Å². The molecule has 1 saturated heterocycles. The second kappa shape index (κ2) is 4.50. The van der Waals surface area contributed by atoms with Crippen LogP contribution >= 0.6 is 0 Å². The molecule has 1 aromatic rings. The van der Waals surface area contributed by atoms with Crippen molar-refractivity contribution in [1.29, 1.82) is 0 Å². The van der Waals surface area contributed by atoms with Crippen LogP contribution in [-0.4, -0.2) is 42.0 Å². The molecule has 1 saturated carbocycles. The van der Waals surface area contributed by atoms with E-state index >= 15 is 0 Å². The summed E-state index contributed by atoms with van der Waals surface area (Å²) in [4.78, 5) is 3.64. The molecule has 104 valence electrons. The molecule has 5 nitrogen and oxygen atoms in total. The fourth-order valence-corrected chi connectivity index (χ4v) is 4.58. The summed E-state index contributed by atoms with van der Waals surface area (Å²) in [5, 5.41) is 9.27. The highest BCUT2D eigenvalue weighted by molar-refractivity contribution is 7.89. The summed E-state index contributed by atoms with van der Waals surface area (Å²) >= 11 is 0. The maximum atomic E-state index is 13.6. The van der Waals surface area contributed by atoms with Crippen molar-refractivity contribution in [2.75, 3.05) is 13.1 Å². The Balaban J connectivity index is 1.89. The molecule has 0 bridgehead atoms. The zero-order valence-corrected chi connectivity index (χ0v) is 11.1. The van der Waals surface area contributed by atoms with Crippen LogP contribution in [0.5, 0.6) is 0 Å². The second-order valence-electron chi connectivity index (χ2n) is 5.18. The zero-order valence-electron chi connectivity index (χ0n) is 10.2. The van der Waals surface area contributed by atoms with Crippen LogP contribution in [0.3, 0.4) is 0 Å². The number of fused-ring (bicyclic) bond motifs is 1. The van der Waals surface area contributed by atoms with Gasteiger partial charge in [0.1, 0.15) is 0 Å². The Kier molecular flexibility index (Phi) is 3.07. The normalized spacial score (nSPS) is 31.6. The molecule has 0 spiro atoms. The van der Waals surface area contributed by atoms with Gasteiger partial charge in [0.05, 0.1) is 6.10 Å². The van der Waals surface area contributed by atoms with E-state index in [0.717, 1.165) is 18.9 Å². The smallest absolute Gasteiger partial charge is 0.263 e. The summed E-state index contributed by atoms with van der Waals surface area (Å²) < 4.78 is 39.5. The van der Waals surface area contributed by atoms with Crippen LogP contribution in [0.1, 0.15) is 12.8 Å². The first kappa shape index (κ1) is 13.0. The van der Waals surface area contributed by atoms with E-state index < -0.39 is 27.0 Å². The third-order valence-electron chi connectivity index (χ3n) is 4.09. The van der Waals surface area contributed by atoms with Crippen molar-refractivity contribution in [3.63, 3.8) is 0 Å². The van der Waals surface area contributed by atoms with Crippen LogP contribution in [0.15, 0.2) is 23.4 Å². The van der Waals surface area contributed by atoms with Crippen molar-refractivity contribution in [2.24, 2.45) is 11.8 Å². The predicted molar refractivity (Wildman–Crippen MR) is 65.2 cm³/mol. The van der Waals surface area contributed by atoms with Gasteiger partial charge in [0.25, 0.3) is 10.0 Å². The molecular formula is C12H15FN2O3S. The van der Waals surface area contributed by atoms with Crippen LogP contribution in [-0.2, 0) is 10.0 Å². The van der Waals surface area contributed by atoms with Gasteiger partial charge in [-0.1, -0.05) is 0 Å². The molecule has 3 rings (SSSR count). The molecule has 19 heavy (non-hydrogen) atoms. The Morgan fingerprint density at radius 1 is 1.37 bits per heavy atom. The van der Waals surface area contributed by atoms with E-state index in [1.54, 1.807) is 0 Å². The number of hydrogen-bond acceptors (Lipinski definition) is 4. The molecule has 7 heteroatoms. The van der Waals surface area contributed by atoms with Gasteiger partial charge in [-0.15, -0.1) is 0 Å². The third-order valence-corrected chi connectivity index (χ3v) is 5.86. The SMILES string of the molecule is O=S(=O)(c1ncccc1F)N1CC2CCC(O)C2C1. The molecular weight excluding hydrogens is 271 g/mol. The molecule has 2 heterocycles. The average molecular weight is 286 g/mol. The van der Waals surface area contributed by atoms with Crippen molar-refractivity contribution in [3.8, 4) is 0 Å². The Morgan fingerprint density at radius 3 is 2.84 bits per heavy atom. The van der Waals surface area contributed by atoms with Crippen molar-refractivity contribution >= 4 is 10.0 Å². The van der Waals surface area contributed by atoms with Gasteiger partial charge in [-0.25, -0.2) is 17.8 Å². The van der Waals surface area contributed by atoms with Gasteiger partial charge >= 0.3 is 0 Å². The van der Waals surface area contributed by atoms with Crippen molar-refractivity contribution in [1.82, 2.24) is 9.29 Å². The van der Waals surface area contributed by atoms with Crippen LogP contribution in [0.2, 0.25) is 0 Å². The highest BCUT2D eigenvalue weighted by atomic mass is 32.2. The first-order chi connectivity index (χ1) is 9.00. The number of aliphatic hydroxyl groups is 1. The minimum absolute atomic E-state index is 0.0263. The lowest BCUT2D eigenvalue weighted by molar-refractivity contribution is 0.129. The van der Waals surface area contributed by atoms with Crippen LogP contribution in [0.4, 0.5) is 4.39 Å². The minimum Gasteiger partial charge on any atom is -0.393 e. The summed E-state index contributed by atoms with van der Waals surface area (Å²) in [6, 6.07) is 2.45.